The van der Waals surface area contributed by atoms with Crippen LogP contribution in [0.1, 0.15) is 22.0 Å². The monoisotopic (exact) mass is 365 g/mol. The number of pyridine rings is 1. The van der Waals surface area contributed by atoms with Gasteiger partial charge in [-0.2, -0.15) is 0 Å². The van der Waals surface area contributed by atoms with Gasteiger partial charge < -0.3 is 15.2 Å². The highest BCUT2D eigenvalue weighted by Gasteiger charge is 2.35. The van der Waals surface area contributed by atoms with Crippen molar-refractivity contribution in [2.45, 2.75) is 6.04 Å². The quantitative estimate of drug-likeness (QED) is 0.729. The third-order valence-corrected chi connectivity index (χ3v) is 4.70. The van der Waals surface area contributed by atoms with Gasteiger partial charge in [-0.05, 0) is 23.8 Å². The van der Waals surface area contributed by atoms with Crippen LogP contribution in [0.2, 0.25) is 0 Å². The summed E-state index contributed by atoms with van der Waals surface area (Å²) in [6.45, 7) is 0.629. The average molecular weight is 365 g/mol. The van der Waals surface area contributed by atoms with Crippen molar-refractivity contribution in [3.05, 3.63) is 82.0 Å². The lowest BCUT2D eigenvalue weighted by Gasteiger charge is -2.35. The Morgan fingerprint density at radius 2 is 1.74 bits per heavy atom. The van der Waals surface area contributed by atoms with Crippen LogP contribution < -0.4 is 10.9 Å². The summed E-state index contributed by atoms with van der Waals surface area (Å²) in [7, 11) is 0. The standard InChI is InChI=1S/C20H16FN3O3/c21-13-7-5-12(6-8-13)17-19(26)22-9-10-24(17)20(27)16-11-23-18(25)15-4-2-1-3-14(15)16/h1-8,11,17H,9-10H2,(H,22,26)(H,23,25). The zero-order valence-corrected chi connectivity index (χ0v) is 14.2. The molecule has 1 atom stereocenters. The molecule has 3 aromatic rings. The molecule has 0 spiro atoms. The van der Waals surface area contributed by atoms with Crippen LogP contribution in [0.25, 0.3) is 10.8 Å². The number of carbonyl (C=O) groups excluding carboxylic acids is 2. The summed E-state index contributed by atoms with van der Waals surface area (Å²) in [5, 5.41) is 3.67. The van der Waals surface area contributed by atoms with Gasteiger partial charge in [-0.15, -0.1) is 0 Å². The summed E-state index contributed by atoms with van der Waals surface area (Å²) in [6.07, 6.45) is 1.38. The van der Waals surface area contributed by atoms with Gasteiger partial charge >= 0.3 is 0 Å². The van der Waals surface area contributed by atoms with E-state index in [2.05, 4.69) is 10.3 Å². The maximum Gasteiger partial charge on any atom is 0.256 e. The summed E-state index contributed by atoms with van der Waals surface area (Å²) in [6, 6.07) is 11.5. The van der Waals surface area contributed by atoms with Crippen molar-refractivity contribution in [3.63, 3.8) is 0 Å². The van der Waals surface area contributed by atoms with Gasteiger partial charge in [-0.3, -0.25) is 14.4 Å². The van der Waals surface area contributed by atoms with Crippen LogP contribution in [-0.2, 0) is 4.79 Å². The number of halogens is 1. The maximum atomic E-state index is 13.3. The summed E-state index contributed by atoms with van der Waals surface area (Å²) in [4.78, 5) is 41.8. The molecule has 2 amide bonds. The maximum absolute atomic E-state index is 13.3. The minimum Gasteiger partial charge on any atom is -0.352 e. The average Bonchev–Trinajstić information content (AvgIpc) is 2.69. The molecule has 2 aromatic carbocycles. The van der Waals surface area contributed by atoms with Gasteiger partial charge in [0, 0.05) is 30.1 Å². The first-order valence-corrected chi connectivity index (χ1v) is 8.51. The summed E-state index contributed by atoms with van der Waals surface area (Å²) in [5.41, 5.74) is 0.552. The van der Waals surface area contributed by atoms with Crippen molar-refractivity contribution >= 4 is 22.6 Å². The molecule has 1 unspecified atom stereocenters. The van der Waals surface area contributed by atoms with Crippen LogP contribution in [0.15, 0.2) is 59.5 Å². The highest BCUT2D eigenvalue weighted by Crippen LogP contribution is 2.27. The van der Waals surface area contributed by atoms with E-state index in [1.165, 1.54) is 35.4 Å². The molecule has 7 heteroatoms. The molecule has 1 aliphatic heterocycles. The fourth-order valence-electron chi connectivity index (χ4n) is 3.40. The number of piperazine rings is 1. The molecule has 136 valence electrons. The van der Waals surface area contributed by atoms with E-state index in [1.807, 2.05) is 0 Å². The number of hydrogen-bond acceptors (Lipinski definition) is 3. The molecule has 6 nitrogen and oxygen atoms in total. The molecule has 4 rings (SSSR count). The van der Waals surface area contributed by atoms with E-state index in [0.29, 0.717) is 35.0 Å². The molecule has 0 bridgehead atoms. The summed E-state index contributed by atoms with van der Waals surface area (Å²) >= 11 is 0. The second kappa shape index (κ2) is 6.68. The predicted octanol–water partition coefficient (Wildman–Crippen LogP) is 1.98. The van der Waals surface area contributed by atoms with Gasteiger partial charge in [0.25, 0.3) is 11.5 Å². The Balaban J connectivity index is 1.80. The molecule has 0 aliphatic carbocycles. The number of aromatic amines is 1. The zero-order chi connectivity index (χ0) is 19.0. The Labute approximate surface area is 153 Å². The van der Waals surface area contributed by atoms with Crippen LogP contribution in [-0.4, -0.2) is 34.8 Å². The van der Waals surface area contributed by atoms with E-state index in [1.54, 1.807) is 24.3 Å². The Kier molecular flexibility index (Phi) is 4.19. The smallest absolute Gasteiger partial charge is 0.256 e. The van der Waals surface area contributed by atoms with Gasteiger partial charge in [0.1, 0.15) is 11.9 Å². The second-order valence-corrected chi connectivity index (χ2v) is 6.32. The van der Waals surface area contributed by atoms with Crippen LogP contribution >= 0.6 is 0 Å². The summed E-state index contributed by atoms with van der Waals surface area (Å²) in [5.74, 6) is -1.11. The number of H-pyrrole nitrogens is 1. The number of carbonyl (C=O) groups is 2. The van der Waals surface area contributed by atoms with Gasteiger partial charge in [-0.25, -0.2) is 4.39 Å². The number of nitrogens with zero attached hydrogens (tertiary/aromatic N) is 1. The number of aromatic nitrogens is 1. The Morgan fingerprint density at radius 1 is 1.04 bits per heavy atom. The predicted molar refractivity (Wildman–Crippen MR) is 97.8 cm³/mol. The lowest BCUT2D eigenvalue weighted by molar-refractivity contribution is -0.128. The summed E-state index contributed by atoms with van der Waals surface area (Å²) < 4.78 is 13.3. The van der Waals surface area contributed by atoms with E-state index in [4.69, 9.17) is 0 Å². The molecular weight excluding hydrogens is 349 g/mol. The van der Waals surface area contributed by atoms with Gasteiger partial charge in [0.05, 0.1) is 5.56 Å². The van der Waals surface area contributed by atoms with Crippen LogP contribution in [0.3, 0.4) is 0 Å². The first-order chi connectivity index (χ1) is 13.1. The molecule has 1 saturated heterocycles. The first kappa shape index (κ1) is 17.0. The SMILES string of the molecule is O=C1NCCN(C(=O)c2c[nH]c(=O)c3ccccc23)C1c1ccc(F)cc1. The minimum absolute atomic E-state index is 0.284. The zero-order valence-electron chi connectivity index (χ0n) is 14.2. The van der Waals surface area contributed by atoms with Crippen LogP contribution in [0.5, 0.6) is 0 Å². The number of fused-ring (bicyclic) bond motifs is 1. The van der Waals surface area contributed by atoms with Gasteiger partial charge in [-0.1, -0.05) is 30.3 Å². The van der Waals surface area contributed by atoms with Gasteiger partial charge in [0.15, 0.2) is 0 Å². The van der Waals surface area contributed by atoms with Crippen LogP contribution in [0, 0.1) is 5.82 Å². The third-order valence-electron chi connectivity index (χ3n) is 4.70. The number of amides is 2. The largest absolute Gasteiger partial charge is 0.352 e. The topological polar surface area (TPSA) is 82.3 Å². The van der Waals surface area contributed by atoms with Crippen molar-refractivity contribution in [1.82, 2.24) is 15.2 Å². The van der Waals surface area contributed by atoms with Crippen LogP contribution in [0.4, 0.5) is 4.39 Å². The Morgan fingerprint density at radius 3 is 2.48 bits per heavy atom. The Bertz CT molecular complexity index is 1090. The highest BCUT2D eigenvalue weighted by atomic mass is 19.1. The van der Waals surface area contributed by atoms with E-state index in [0.717, 1.165) is 0 Å². The number of nitrogens with one attached hydrogen (secondary N) is 2. The lowest BCUT2D eigenvalue weighted by Crippen LogP contribution is -2.52. The molecule has 27 heavy (non-hydrogen) atoms. The van der Waals surface area contributed by atoms with Crippen molar-refractivity contribution in [2.75, 3.05) is 13.1 Å². The molecular formula is C20H16FN3O3. The van der Waals surface area contributed by atoms with E-state index < -0.39 is 11.9 Å². The van der Waals surface area contributed by atoms with Gasteiger partial charge in [0.2, 0.25) is 5.91 Å². The first-order valence-electron chi connectivity index (χ1n) is 8.51. The number of rotatable bonds is 2. The fraction of sp³-hybridized carbons (Fsp3) is 0.150. The minimum atomic E-state index is -0.863. The third kappa shape index (κ3) is 2.97. The molecule has 2 N–H and O–H groups in total. The van der Waals surface area contributed by atoms with E-state index in [-0.39, 0.29) is 17.4 Å². The highest BCUT2D eigenvalue weighted by molar-refractivity contribution is 6.08. The van der Waals surface area contributed by atoms with Crippen molar-refractivity contribution in [2.24, 2.45) is 0 Å². The lowest BCUT2D eigenvalue weighted by atomic mass is 10.00. The second-order valence-electron chi connectivity index (χ2n) is 6.32. The normalized spacial score (nSPS) is 17.0. The molecule has 0 radical (unpaired) electrons. The molecule has 2 heterocycles. The number of hydrogen-bond donors (Lipinski definition) is 2. The van der Waals surface area contributed by atoms with E-state index in [9.17, 15) is 18.8 Å². The van der Waals surface area contributed by atoms with E-state index >= 15 is 0 Å². The van der Waals surface area contributed by atoms with Crippen molar-refractivity contribution in [3.8, 4) is 0 Å². The molecule has 1 fully saturated rings. The fourth-order valence-corrected chi connectivity index (χ4v) is 3.40. The molecule has 1 aromatic heterocycles. The molecule has 1 aliphatic rings. The number of benzene rings is 2. The molecule has 0 saturated carbocycles. The van der Waals surface area contributed by atoms with Crippen molar-refractivity contribution < 1.29 is 14.0 Å². The van der Waals surface area contributed by atoms with Crippen molar-refractivity contribution in [1.29, 1.82) is 0 Å². The Hall–Kier alpha value is -3.48.